The Labute approximate surface area is 114 Å². The number of halogens is 1. The zero-order valence-corrected chi connectivity index (χ0v) is 10.9. The first-order chi connectivity index (χ1) is 8.91. The van der Waals surface area contributed by atoms with Crippen molar-refractivity contribution < 1.29 is 14.4 Å². The maximum Gasteiger partial charge on any atom is 0.317 e. The SMILES string of the molecule is CN1CC(C(N)=O)N(c2ccc(Cl)cc2)C(=O)C1=O. The Bertz CT molecular complexity index is 544. The number of amides is 3. The van der Waals surface area contributed by atoms with Gasteiger partial charge >= 0.3 is 11.8 Å². The first-order valence-corrected chi connectivity index (χ1v) is 5.93. The molecule has 0 spiro atoms. The van der Waals surface area contributed by atoms with Crippen molar-refractivity contribution in [2.24, 2.45) is 5.73 Å². The maximum atomic E-state index is 12.0. The van der Waals surface area contributed by atoms with E-state index < -0.39 is 23.8 Å². The minimum atomic E-state index is -0.878. The average Bonchev–Trinajstić information content (AvgIpc) is 2.37. The second kappa shape index (κ2) is 4.89. The highest BCUT2D eigenvalue weighted by Gasteiger charge is 2.41. The van der Waals surface area contributed by atoms with E-state index in [1.165, 1.54) is 11.9 Å². The van der Waals surface area contributed by atoms with Crippen molar-refractivity contribution in [1.29, 1.82) is 0 Å². The van der Waals surface area contributed by atoms with E-state index in [0.29, 0.717) is 10.7 Å². The molecule has 6 nitrogen and oxygen atoms in total. The molecule has 1 atom stereocenters. The number of hydrogen-bond donors (Lipinski definition) is 1. The van der Waals surface area contributed by atoms with Crippen molar-refractivity contribution in [1.82, 2.24) is 4.90 Å². The summed E-state index contributed by atoms with van der Waals surface area (Å²) in [6.07, 6.45) is 0. The van der Waals surface area contributed by atoms with E-state index in [1.807, 2.05) is 0 Å². The highest BCUT2D eigenvalue weighted by molar-refractivity contribution is 6.42. The third kappa shape index (κ3) is 2.39. The first kappa shape index (κ1) is 13.4. The van der Waals surface area contributed by atoms with Gasteiger partial charge in [0.05, 0.1) is 6.54 Å². The van der Waals surface area contributed by atoms with Crippen LogP contribution in [0.4, 0.5) is 5.69 Å². The van der Waals surface area contributed by atoms with Gasteiger partial charge in [-0.05, 0) is 24.3 Å². The van der Waals surface area contributed by atoms with E-state index in [9.17, 15) is 14.4 Å². The molecule has 100 valence electrons. The average molecular weight is 282 g/mol. The van der Waals surface area contributed by atoms with Gasteiger partial charge in [-0.1, -0.05) is 11.6 Å². The number of likely N-dealkylation sites (N-methyl/N-ethyl adjacent to an activating group) is 1. The second-order valence-electron chi connectivity index (χ2n) is 4.26. The van der Waals surface area contributed by atoms with Crippen LogP contribution in [0.25, 0.3) is 0 Å². The number of anilines is 1. The van der Waals surface area contributed by atoms with E-state index in [-0.39, 0.29) is 6.54 Å². The first-order valence-electron chi connectivity index (χ1n) is 5.55. The van der Waals surface area contributed by atoms with Crippen LogP contribution in [0.3, 0.4) is 0 Å². The Balaban J connectivity index is 2.43. The zero-order valence-electron chi connectivity index (χ0n) is 10.2. The van der Waals surface area contributed by atoms with Crippen molar-refractivity contribution in [2.45, 2.75) is 6.04 Å². The van der Waals surface area contributed by atoms with Crippen LogP contribution in [0.5, 0.6) is 0 Å². The standard InChI is InChI=1S/C12H12ClN3O3/c1-15-6-9(10(14)17)16(12(19)11(15)18)8-4-2-7(13)3-5-8/h2-5,9H,6H2,1H3,(H2,14,17). The summed E-state index contributed by atoms with van der Waals surface area (Å²) in [4.78, 5) is 37.5. The lowest BCUT2D eigenvalue weighted by atomic mass is 10.1. The van der Waals surface area contributed by atoms with E-state index in [1.54, 1.807) is 24.3 Å². The molecule has 0 bridgehead atoms. The topological polar surface area (TPSA) is 83.7 Å². The van der Waals surface area contributed by atoms with E-state index in [0.717, 1.165) is 4.90 Å². The molecular weight excluding hydrogens is 270 g/mol. The molecule has 0 aliphatic carbocycles. The number of hydrogen-bond acceptors (Lipinski definition) is 3. The molecular formula is C12H12ClN3O3. The Kier molecular flexibility index (Phi) is 3.44. The summed E-state index contributed by atoms with van der Waals surface area (Å²) >= 11 is 5.77. The van der Waals surface area contributed by atoms with Gasteiger partial charge in [-0.25, -0.2) is 0 Å². The number of benzene rings is 1. The van der Waals surface area contributed by atoms with Gasteiger partial charge in [0.1, 0.15) is 6.04 Å². The summed E-state index contributed by atoms with van der Waals surface area (Å²) in [5.41, 5.74) is 5.71. The maximum absolute atomic E-state index is 12.0. The highest BCUT2D eigenvalue weighted by Crippen LogP contribution is 2.23. The predicted molar refractivity (Wildman–Crippen MR) is 69.6 cm³/mol. The summed E-state index contributed by atoms with van der Waals surface area (Å²) in [6.45, 7) is 0.0720. The Morgan fingerprint density at radius 1 is 1.26 bits per heavy atom. The van der Waals surface area contributed by atoms with Crippen LogP contribution in [-0.2, 0) is 14.4 Å². The number of primary amides is 1. The summed E-state index contributed by atoms with van der Waals surface area (Å²) in [5, 5.41) is 0.493. The largest absolute Gasteiger partial charge is 0.368 e. The molecule has 1 aromatic carbocycles. The van der Waals surface area contributed by atoms with Crippen molar-refractivity contribution in [3.05, 3.63) is 29.3 Å². The van der Waals surface area contributed by atoms with Gasteiger partial charge in [-0.15, -0.1) is 0 Å². The molecule has 1 unspecified atom stereocenters. The molecule has 19 heavy (non-hydrogen) atoms. The fourth-order valence-corrected chi connectivity index (χ4v) is 2.07. The number of piperazine rings is 1. The lowest BCUT2D eigenvalue weighted by Crippen LogP contribution is -2.62. The van der Waals surface area contributed by atoms with Crippen molar-refractivity contribution in [3.63, 3.8) is 0 Å². The molecule has 1 saturated heterocycles. The molecule has 0 saturated carbocycles. The van der Waals surface area contributed by atoms with Crippen LogP contribution < -0.4 is 10.6 Å². The smallest absolute Gasteiger partial charge is 0.317 e. The van der Waals surface area contributed by atoms with Gasteiger partial charge in [-0.2, -0.15) is 0 Å². The Hall–Kier alpha value is -2.08. The van der Waals surface area contributed by atoms with E-state index in [2.05, 4.69) is 0 Å². The number of carbonyl (C=O) groups excluding carboxylic acids is 3. The zero-order chi connectivity index (χ0) is 14.2. The second-order valence-corrected chi connectivity index (χ2v) is 4.69. The third-order valence-corrected chi connectivity index (χ3v) is 3.19. The van der Waals surface area contributed by atoms with Crippen LogP contribution in [0.1, 0.15) is 0 Å². The molecule has 1 fully saturated rings. The molecule has 0 radical (unpaired) electrons. The Morgan fingerprint density at radius 2 is 1.84 bits per heavy atom. The van der Waals surface area contributed by atoms with Crippen molar-refractivity contribution in [3.8, 4) is 0 Å². The van der Waals surface area contributed by atoms with Crippen LogP contribution >= 0.6 is 11.6 Å². The number of nitrogens with zero attached hydrogens (tertiary/aromatic N) is 2. The minimum absolute atomic E-state index is 0.0720. The molecule has 2 rings (SSSR count). The normalized spacial score (nSPS) is 19.8. The van der Waals surface area contributed by atoms with Crippen LogP contribution in [0.15, 0.2) is 24.3 Å². The molecule has 1 aliphatic heterocycles. The van der Waals surface area contributed by atoms with Gasteiger partial charge in [-0.3, -0.25) is 19.3 Å². The van der Waals surface area contributed by atoms with E-state index >= 15 is 0 Å². The lowest BCUT2D eigenvalue weighted by Gasteiger charge is -2.37. The van der Waals surface area contributed by atoms with Crippen LogP contribution in [0, 0.1) is 0 Å². The predicted octanol–water partition coefficient (Wildman–Crippen LogP) is -0.00110. The number of rotatable bonds is 2. The van der Waals surface area contributed by atoms with E-state index in [4.69, 9.17) is 17.3 Å². The molecule has 2 N–H and O–H groups in total. The quantitative estimate of drug-likeness (QED) is 0.775. The van der Waals surface area contributed by atoms with Gasteiger partial charge in [0.25, 0.3) is 0 Å². The summed E-state index contributed by atoms with van der Waals surface area (Å²) in [5.74, 6) is -2.12. The van der Waals surface area contributed by atoms with Crippen LogP contribution in [-0.4, -0.2) is 42.3 Å². The van der Waals surface area contributed by atoms with Gasteiger partial charge < -0.3 is 10.6 Å². The fraction of sp³-hybridized carbons (Fsp3) is 0.250. The van der Waals surface area contributed by atoms with Crippen LogP contribution in [0.2, 0.25) is 5.02 Å². The monoisotopic (exact) mass is 281 g/mol. The highest BCUT2D eigenvalue weighted by atomic mass is 35.5. The van der Waals surface area contributed by atoms with Gasteiger partial charge in [0, 0.05) is 17.8 Å². The number of nitrogens with two attached hydrogens (primary N) is 1. The van der Waals surface area contributed by atoms with Crippen molar-refractivity contribution in [2.75, 3.05) is 18.5 Å². The molecule has 1 aromatic rings. The minimum Gasteiger partial charge on any atom is -0.368 e. The molecule has 7 heteroatoms. The lowest BCUT2D eigenvalue weighted by molar-refractivity contribution is -0.147. The molecule has 3 amide bonds. The van der Waals surface area contributed by atoms with Crippen molar-refractivity contribution >= 4 is 35.0 Å². The van der Waals surface area contributed by atoms with Gasteiger partial charge in [0.15, 0.2) is 0 Å². The van der Waals surface area contributed by atoms with Gasteiger partial charge in [0.2, 0.25) is 5.91 Å². The summed E-state index contributed by atoms with van der Waals surface area (Å²) in [6, 6.07) is 5.40. The summed E-state index contributed by atoms with van der Waals surface area (Å²) < 4.78 is 0. The summed E-state index contributed by atoms with van der Waals surface area (Å²) in [7, 11) is 1.45. The number of carbonyl (C=O) groups is 3. The Morgan fingerprint density at radius 3 is 2.37 bits per heavy atom. The fourth-order valence-electron chi connectivity index (χ4n) is 1.95. The molecule has 1 heterocycles. The molecule has 0 aromatic heterocycles. The molecule has 1 aliphatic rings. The third-order valence-electron chi connectivity index (χ3n) is 2.94.